The van der Waals surface area contributed by atoms with E-state index in [0.29, 0.717) is 23.8 Å². The van der Waals surface area contributed by atoms with E-state index in [1.54, 1.807) is 0 Å². The van der Waals surface area contributed by atoms with Crippen molar-refractivity contribution in [3.8, 4) is 0 Å². The summed E-state index contributed by atoms with van der Waals surface area (Å²) in [7, 11) is 0. The lowest BCUT2D eigenvalue weighted by atomic mass is 9.46. The van der Waals surface area contributed by atoms with Crippen LogP contribution in [-0.2, 0) is 0 Å². The summed E-state index contributed by atoms with van der Waals surface area (Å²) in [6, 6.07) is 0.394. The van der Waals surface area contributed by atoms with Gasteiger partial charge in [0, 0.05) is 29.3 Å². The lowest BCUT2D eigenvalue weighted by Crippen LogP contribution is -2.65. The standard InChI is InChI=1S/C21H31NO3/c1-3-22-9-11-4-5-17(24)21-13(11)6-14(18(21)22)20-8-12(10(2)19(20)25)15(23)7-16(20)21/h11-19,23-25H,2-9H2,1H3/t11-,12+,13+,14-,15+,16+,17-,18?,19+,20-,21-/m0/s1. The fourth-order valence-corrected chi connectivity index (χ4v) is 9.58. The van der Waals surface area contributed by atoms with Gasteiger partial charge in [0.05, 0.1) is 18.3 Å². The fourth-order valence-electron chi connectivity index (χ4n) is 9.58. The summed E-state index contributed by atoms with van der Waals surface area (Å²) in [5.41, 5.74) is 0.640. The Morgan fingerprint density at radius 1 is 1.16 bits per heavy atom. The molecule has 0 aromatic heterocycles. The molecule has 1 saturated heterocycles. The molecule has 0 radical (unpaired) electrons. The molecule has 1 aliphatic heterocycles. The fraction of sp³-hybridized carbons (Fsp3) is 0.905. The van der Waals surface area contributed by atoms with Crippen LogP contribution >= 0.6 is 0 Å². The summed E-state index contributed by atoms with van der Waals surface area (Å²) in [6.07, 6.45) is 3.72. The van der Waals surface area contributed by atoms with Gasteiger partial charge in [-0.15, -0.1) is 0 Å². The predicted molar refractivity (Wildman–Crippen MR) is 93.6 cm³/mol. The van der Waals surface area contributed by atoms with Crippen molar-refractivity contribution < 1.29 is 15.3 Å². The Hall–Kier alpha value is -0.420. The van der Waals surface area contributed by atoms with Crippen molar-refractivity contribution in [1.29, 1.82) is 0 Å². The van der Waals surface area contributed by atoms with E-state index in [2.05, 4.69) is 18.4 Å². The van der Waals surface area contributed by atoms with E-state index in [9.17, 15) is 15.3 Å². The van der Waals surface area contributed by atoms with E-state index in [0.717, 1.165) is 37.8 Å². The number of aliphatic hydroxyl groups excluding tert-OH is 3. The summed E-state index contributed by atoms with van der Waals surface area (Å²) in [5, 5.41) is 33.6. The molecule has 6 fully saturated rings. The number of nitrogens with zero attached hydrogens (tertiary/aromatic N) is 1. The van der Waals surface area contributed by atoms with Gasteiger partial charge in [0.2, 0.25) is 0 Å². The Morgan fingerprint density at radius 3 is 2.72 bits per heavy atom. The van der Waals surface area contributed by atoms with Crippen LogP contribution in [0, 0.1) is 40.4 Å². The van der Waals surface area contributed by atoms with Gasteiger partial charge >= 0.3 is 0 Å². The Bertz CT molecular complexity index is 651. The van der Waals surface area contributed by atoms with Gasteiger partial charge in [0.25, 0.3) is 0 Å². The molecule has 6 aliphatic rings. The average Bonchev–Trinajstić information content (AvgIpc) is 3.10. The van der Waals surface area contributed by atoms with Gasteiger partial charge in [-0.3, -0.25) is 4.90 Å². The van der Waals surface area contributed by atoms with Gasteiger partial charge in [0.1, 0.15) is 0 Å². The Kier molecular flexibility index (Phi) is 2.82. The van der Waals surface area contributed by atoms with E-state index in [-0.39, 0.29) is 34.9 Å². The topological polar surface area (TPSA) is 63.9 Å². The van der Waals surface area contributed by atoms with Gasteiger partial charge in [0.15, 0.2) is 0 Å². The van der Waals surface area contributed by atoms with E-state index >= 15 is 0 Å². The molecule has 7 bridgehead atoms. The minimum atomic E-state index is -0.489. The third-order valence-electron chi connectivity index (χ3n) is 10.1. The first-order valence-electron chi connectivity index (χ1n) is 10.4. The number of aliphatic hydroxyl groups is 3. The molecule has 0 aromatic carbocycles. The molecule has 0 amide bonds. The highest BCUT2D eigenvalue weighted by Crippen LogP contribution is 2.81. The molecule has 5 saturated carbocycles. The zero-order valence-electron chi connectivity index (χ0n) is 15.1. The lowest BCUT2D eigenvalue weighted by molar-refractivity contribution is -0.193. The molecule has 4 heteroatoms. The maximum absolute atomic E-state index is 11.4. The van der Waals surface area contributed by atoms with Crippen LogP contribution in [0.15, 0.2) is 12.2 Å². The molecule has 2 spiro atoms. The van der Waals surface area contributed by atoms with Gasteiger partial charge < -0.3 is 15.3 Å². The third kappa shape index (κ3) is 1.37. The van der Waals surface area contributed by atoms with Crippen molar-refractivity contribution in [2.24, 2.45) is 40.4 Å². The number of rotatable bonds is 1. The molecule has 4 nitrogen and oxygen atoms in total. The van der Waals surface area contributed by atoms with Gasteiger partial charge in [-0.05, 0) is 67.9 Å². The first-order chi connectivity index (χ1) is 12.0. The van der Waals surface area contributed by atoms with Gasteiger partial charge in [-0.2, -0.15) is 0 Å². The highest BCUT2D eigenvalue weighted by atomic mass is 16.3. The molecule has 1 unspecified atom stereocenters. The molecular formula is C21H31NO3. The maximum Gasteiger partial charge on any atom is 0.0813 e. The normalized spacial score (nSPS) is 64.6. The first-order valence-corrected chi connectivity index (χ1v) is 10.4. The second-order valence-corrected chi connectivity index (χ2v) is 10.1. The molecule has 6 rings (SSSR count). The number of hydrogen-bond donors (Lipinski definition) is 3. The van der Waals surface area contributed by atoms with Gasteiger partial charge in [-0.1, -0.05) is 13.5 Å². The number of fused-ring (bicyclic) bond motifs is 1. The quantitative estimate of drug-likeness (QED) is 0.629. The highest BCUT2D eigenvalue weighted by Gasteiger charge is 2.83. The Balaban J connectivity index is 1.59. The summed E-state index contributed by atoms with van der Waals surface area (Å²) in [4.78, 5) is 2.64. The molecule has 3 N–H and O–H groups in total. The minimum Gasteiger partial charge on any atom is -0.392 e. The average molecular weight is 345 g/mol. The minimum absolute atomic E-state index is 0.0634. The van der Waals surface area contributed by atoms with Crippen molar-refractivity contribution >= 4 is 0 Å². The van der Waals surface area contributed by atoms with Crippen LogP contribution in [0.25, 0.3) is 0 Å². The monoisotopic (exact) mass is 345 g/mol. The van der Waals surface area contributed by atoms with Crippen LogP contribution in [0.4, 0.5) is 0 Å². The van der Waals surface area contributed by atoms with Crippen molar-refractivity contribution in [3.05, 3.63) is 12.2 Å². The lowest BCUT2D eigenvalue weighted by Gasteiger charge is -2.62. The molecule has 25 heavy (non-hydrogen) atoms. The largest absolute Gasteiger partial charge is 0.392 e. The van der Waals surface area contributed by atoms with Crippen LogP contribution in [-0.4, -0.2) is 57.7 Å². The molecular weight excluding hydrogens is 314 g/mol. The number of piperidine rings is 1. The second-order valence-electron chi connectivity index (χ2n) is 10.1. The summed E-state index contributed by atoms with van der Waals surface area (Å²) >= 11 is 0. The third-order valence-corrected chi connectivity index (χ3v) is 10.1. The molecule has 138 valence electrons. The maximum atomic E-state index is 11.4. The first kappa shape index (κ1) is 15.6. The summed E-state index contributed by atoms with van der Waals surface area (Å²) < 4.78 is 0. The van der Waals surface area contributed by atoms with E-state index in [1.165, 1.54) is 13.0 Å². The van der Waals surface area contributed by atoms with E-state index in [1.807, 2.05) is 0 Å². The Labute approximate surface area is 149 Å². The van der Waals surface area contributed by atoms with Crippen molar-refractivity contribution in [2.45, 2.75) is 63.4 Å². The van der Waals surface area contributed by atoms with Crippen LogP contribution < -0.4 is 0 Å². The molecule has 5 aliphatic carbocycles. The zero-order chi connectivity index (χ0) is 17.3. The zero-order valence-corrected chi connectivity index (χ0v) is 15.1. The summed E-state index contributed by atoms with van der Waals surface area (Å²) in [5.74, 6) is 2.06. The van der Waals surface area contributed by atoms with Crippen LogP contribution in [0.2, 0.25) is 0 Å². The van der Waals surface area contributed by atoms with Crippen LogP contribution in [0.3, 0.4) is 0 Å². The van der Waals surface area contributed by atoms with Gasteiger partial charge in [-0.25, -0.2) is 0 Å². The molecule has 11 atom stereocenters. The van der Waals surface area contributed by atoms with E-state index < -0.39 is 6.10 Å². The van der Waals surface area contributed by atoms with Crippen molar-refractivity contribution in [1.82, 2.24) is 4.90 Å². The van der Waals surface area contributed by atoms with Crippen molar-refractivity contribution in [3.63, 3.8) is 0 Å². The SMILES string of the molecule is C=C1[C@H]2C[C@@]3([C@@H]1O)[C@@H](C[C@H]2O)[C@@]12C4[C@@H]3C[C@@H]1[C@@H](CC[C@@H]2O)CN4CC. The number of hydrogen-bond acceptors (Lipinski definition) is 4. The van der Waals surface area contributed by atoms with Crippen LogP contribution in [0.1, 0.15) is 39.0 Å². The highest BCUT2D eigenvalue weighted by molar-refractivity contribution is 5.38. The molecule has 0 aromatic rings. The molecule has 1 heterocycles. The number of likely N-dealkylation sites (tertiary alicyclic amines) is 1. The Morgan fingerprint density at radius 2 is 1.96 bits per heavy atom. The van der Waals surface area contributed by atoms with E-state index in [4.69, 9.17) is 0 Å². The van der Waals surface area contributed by atoms with Crippen LogP contribution in [0.5, 0.6) is 0 Å². The smallest absolute Gasteiger partial charge is 0.0813 e. The predicted octanol–water partition coefficient (Wildman–Crippen LogP) is 1.40. The van der Waals surface area contributed by atoms with Crippen molar-refractivity contribution in [2.75, 3.05) is 13.1 Å². The second kappa shape index (κ2) is 4.52. The summed E-state index contributed by atoms with van der Waals surface area (Å²) in [6.45, 7) is 8.65.